The number of aliphatic hydroxyl groups is 1. The number of nitrogens with zero attached hydrogens (tertiary/aromatic N) is 1. The SMILES string of the molecule is CC[C@@H]1CN(C)[C@H]2Cc3c([nH]c4ccccc34)[C@@H](O)C[C@H]1[C@@H]2C(=O)OC. The van der Waals surface area contributed by atoms with Crippen LogP contribution in [-0.4, -0.2) is 47.7 Å². The van der Waals surface area contributed by atoms with E-state index in [1.165, 1.54) is 7.11 Å². The summed E-state index contributed by atoms with van der Waals surface area (Å²) >= 11 is 0. The van der Waals surface area contributed by atoms with Gasteiger partial charge in [0.25, 0.3) is 0 Å². The summed E-state index contributed by atoms with van der Waals surface area (Å²) in [5, 5.41) is 12.2. The van der Waals surface area contributed by atoms with Gasteiger partial charge in [-0.05, 0) is 43.4 Å². The Kier molecular flexibility index (Phi) is 4.53. The van der Waals surface area contributed by atoms with Gasteiger partial charge in [-0.2, -0.15) is 0 Å². The van der Waals surface area contributed by atoms with Crippen molar-refractivity contribution in [2.24, 2.45) is 17.8 Å². The van der Waals surface area contributed by atoms with Crippen LogP contribution in [0, 0.1) is 17.8 Å². The van der Waals surface area contributed by atoms with Crippen molar-refractivity contribution < 1.29 is 14.6 Å². The van der Waals surface area contributed by atoms with Gasteiger partial charge >= 0.3 is 5.97 Å². The number of esters is 1. The molecular formula is C21H28N2O3. The van der Waals surface area contributed by atoms with Crippen molar-refractivity contribution in [2.75, 3.05) is 20.7 Å². The minimum absolute atomic E-state index is 0.0979. The second-order valence-corrected chi connectivity index (χ2v) is 7.91. The van der Waals surface area contributed by atoms with E-state index >= 15 is 0 Å². The van der Waals surface area contributed by atoms with Gasteiger partial charge in [0.15, 0.2) is 0 Å². The van der Waals surface area contributed by atoms with Crippen molar-refractivity contribution in [3.63, 3.8) is 0 Å². The lowest BCUT2D eigenvalue weighted by Crippen LogP contribution is -2.56. The Morgan fingerprint density at radius 3 is 2.88 bits per heavy atom. The molecule has 140 valence electrons. The van der Waals surface area contributed by atoms with Crippen molar-refractivity contribution in [2.45, 2.75) is 38.3 Å². The summed E-state index contributed by atoms with van der Waals surface area (Å²) in [6.07, 6.45) is 1.77. The van der Waals surface area contributed by atoms with Crippen LogP contribution in [0.25, 0.3) is 10.9 Å². The number of methoxy groups -OCH3 is 1. The Bertz CT molecular complexity index is 815. The molecule has 1 aliphatic heterocycles. The zero-order chi connectivity index (χ0) is 18.4. The van der Waals surface area contributed by atoms with Crippen LogP contribution >= 0.6 is 0 Å². The Morgan fingerprint density at radius 1 is 1.38 bits per heavy atom. The number of H-pyrrole nitrogens is 1. The summed E-state index contributed by atoms with van der Waals surface area (Å²) in [4.78, 5) is 18.5. The maximum atomic E-state index is 12.7. The summed E-state index contributed by atoms with van der Waals surface area (Å²) in [5.41, 5.74) is 3.12. The summed E-state index contributed by atoms with van der Waals surface area (Å²) < 4.78 is 5.20. The number of likely N-dealkylation sites (N-methyl/N-ethyl adjacent to an activating group) is 1. The topological polar surface area (TPSA) is 65.6 Å². The molecule has 1 aromatic carbocycles. The maximum absolute atomic E-state index is 12.7. The number of hydrogen-bond donors (Lipinski definition) is 2. The first-order valence-corrected chi connectivity index (χ1v) is 9.60. The molecule has 1 fully saturated rings. The van der Waals surface area contributed by atoms with Crippen molar-refractivity contribution in [3.8, 4) is 0 Å². The average Bonchev–Trinajstić information content (AvgIpc) is 3.01. The smallest absolute Gasteiger partial charge is 0.310 e. The zero-order valence-electron chi connectivity index (χ0n) is 15.7. The number of benzene rings is 1. The quantitative estimate of drug-likeness (QED) is 0.812. The second kappa shape index (κ2) is 6.71. The van der Waals surface area contributed by atoms with Crippen molar-refractivity contribution in [1.82, 2.24) is 9.88 Å². The van der Waals surface area contributed by atoms with E-state index in [1.807, 2.05) is 12.1 Å². The van der Waals surface area contributed by atoms with Crippen LogP contribution in [0.2, 0.25) is 0 Å². The maximum Gasteiger partial charge on any atom is 0.310 e. The van der Waals surface area contributed by atoms with Gasteiger partial charge in [0, 0.05) is 29.2 Å². The fourth-order valence-corrected chi connectivity index (χ4v) is 5.33. The molecule has 2 bridgehead atoms. The Morgan fingerprint density at radius 2 is 2.15 bits per heavy atom. The van der Waals surface area contributed by atoms with Gasteiger partial charge in [-0.1, -0.05) is 31.5 Å². The van der Waals surface area contributed by atoms with Crippen molar-refractivity contribution in [1.29, 1.82) is 0 Å². The number of para-hydroxylation sites is 1. The van der Waals surface area contributed by atoms with Crippen LogP contribution in [0.1, 0.15) is 37.1 Å². The van der Waals surface area contributed by atoms with Crippen LogP contribution < -0.4 is 0 Å². The van der Waals surface area contributed by atoms with Gasteiger partial charge in [0.2, 0.25) is 0 Å². The van der Waals surface area contributed by atoms with E-state index in [1.54, 1.807) is 0 Å². The Hall–Kier alpha value is -1.85. The minimum Gasteiger partial charge on any atom is -0.469 e. The van der Waals surface area contributed by atoms with E-state index in [4.69, 9.17) is 4.74 Å². The molecule has 1 aromatic heterocycles. The third-order valence-electron chi connectivity index (χ3n) is 6.66. The molecule has 1 saturated heterocycles. The molecule has 26 heavy (non-hydrogen) atoms. The van der Waals surface area contributed by atoms with Crippen molar-refractivity contribution in [3.05, 3.63) is 35.5 Å². The summed E-state index contributed by atoms with van der Waals surface area (Å²) in [6.45, 7) is 3.14. The molecule has 5 heteroatoms. The number of carbonyl (C=O) groups is 1. The molecule has 0 spiro atoms. The van der Waals surface area contributed by atoms with E-state index in [0.29, 0.717) is 12.3 Å². The first-order chi connectivity index (χ1) is 12.5. The van der Waals surface area contributed by atoms with E-state index in [9.17, 15) is 9.90 Å². The predicted octanol–water partition coefficient (Wildman–Crippen LogP) is 2.89. The van der Waals surface area contributed by atoms with E-state index < -0.39 is 6.10 Å². The average molecular weight is 356 g/mol. The summed E-state index contributed by atoms with van der Waals surface area (Å²) in [5.74, 6) is 0.199. The van der Waals surface area contributed by atoms with Crippen LogP contribution in [0.3, 0.4) is 0 Å². The van der Waals surface area contributed by atoms with Crippen LogP contribution in [-0.2, 0) is 16.0 Å². The monoisotopic (exact) mass is 356 g/mol. The van der Waals surface area contributed by atoms with E-state index in [2.05, 4.69) is 36.0 Å². The Balaban J connectivity index is 1.86. The number of rotatable bonds is 2. The number of fused-ring (bicyclic) bond motifs is 5. The number of aromatic nitrogens is 1. The molecule has 1 aliphatic carbocycles. The van der Waals surface area contributed by atoms with Gasteiger partial charge in [-0.25, -0.2) is 0 Å². The standard InChI is InChI=1S/C21H28N2O3/c1-4-12-11-23(2)17-9-15-13-7-5-6-8-16(13)22-20(15)18(24)10-14(12)19(17)21(25)26-3/h5-8,12,14,17-19,22,24H,4,9-11H2,1-3H3/t12-,14-,17+,18+,19+/m1/s1. The number of hydrogen-bond acceptors (Lipinski definition) is 4. The minimum atomic E-state index is -0.576. The lowest BCUT2D eigenvalue weighted by Gasteiger charge is -2.48. The lowest BCUT2D eigenvalue weighted by atomic mass is 9.67. The number of nitrogens with one attached hydrogen (secondary N) is 1. The Labute approximate surface area is 154 Å². The molecule has 0 unspecified atom stereocenters. The van der Waals surface area contributed by atoms with Crippen molar-refractivity contribution >= 4 is 16.9 Å². The van der Waals surface area contributed by atoms with Gasteiger partial charge in [-0.3, -0.25) is 4.79 Å². The lowest BCUT2D eigenvalue weighted by molar-refractivity contribution is -0.156. The largest absolute Gasteiger partial charge is 0.469 e. The first kappa shape index (κ1) is 17.6. The van der Waals surface area contributed by atoms with Gasteiger partial charge in [0.1, 0.15) is 0 Å². The molecule has 5 nitrogen and oxygen atoms in total. The third kappa shape index (κ3) is 2.65. The van der Waals surface area contributed by atoms with E-state index in [0.717, 1.165) is 41.5 Å². The number of ether oxygens (including phenoxy) is 1. The molecular weight excluding hydrogens is 328 g/mol. The number of piperidine rings is 1. The molecule has 2 heterocycles. The number of aliphatic hydroxyl groups excluding tert-OH is 1. The fourth-order valence-electron chi connectivity index (χ4n) is 5.33. The number of aromatic amines is 1. The summed E-state index contributed by atoms with van der Waals surface area (Å²) in [6, 6.07) is 8.28. The van der Waals surface area contributed by atoms with Gasteiger partial charge in [-0.15, -0.1) is 0 Å². The third-order valence-corrected chi connectivity index (χ3v) is 6.66. The number of carbonyl (C=O) groups excluding carboxylic acids is 1. The molecule has 0 radical (unpaired) electrons. The highest BCUT2D eigenvalue weighted by atomic mass is 16.5. The highest BCUT2D eigenvalue weighted by Crippen LogP contribution is 2.45. The van der Waals surface area contributed by atoms with Gasteiger partial charge in [0.05, 0.1) is 19.1 Å². The highest BCUT2D eigenvalue weighted by molar-refractivity contribution is 5.85. The normalized spacial score (nSPS) is 31.9. The molecule has 2 aromatic rings. The molecule has 0 saturated carbocycles. The second-order valence-electron chi connectivity index (χ2n) is 7.91. The van der Waals surface area contributed by atoms with Gasteiger partial charge < -0.3 is 19.7 Å². The molecule has 5 atom stereocenters. The highest BCUT2D eigenvalue weighted by Gasteiger charge is 2.48. The van der Waals surface area contributed by atoms with E-state index in [-0.39, 0.29) is 23.8 Å². The fraction of sp³-hybridized carbons (Fsp3) is 0.571. The zero-order valence-corrected chi connectivity index (χ0v) is 15.7. The van der Waals surface area contributed by atoms with Crippen LogP contribution in [0.4, 0.5) is 0 Å². The molecule has 0 amide bonds. The molecule has 2 aliphatic rings. The first-order valence-electron chi connectivity index (χ1n) is 9.60. The number of likely N-dealkylation sites (tertiary alicyclic amines) is 1. The predicted molar refractivity (Wildman–Crippen MR) is 101 cm³/mol. The molecule has 4 rings (SSSR count). The molecule has 2 N–H and O–H groups in total. The summed E-state index contributed by atoms with van der Waals surface area (Å²) in [7, 11) is 3.59. The van der Waals surface area contributed by atoms with Crippen LogP contribution in [0.5, 0.6) is 0 Å². The van der Waals surface area contributed by atoms with Crippen LogP contribution in [0.15, 0.2) is 24.3 Å².